The molecule has 6 heteroatoms. The Labute approximate surface area is 121 Å². The molecule has 1 aromatic rings. The van der Waals surface area contributed by atoms with Crippen LogP contribution in [0.2, 0.25) is 0 Å². The summed E-state index contributed by atoms with van der Waals surface area (Å²) in [4.78, 5) is 6.41. The number of methoxy groups -OCH3 is 1. The first-order valence-corrected chi connectivity index (χ1v) is 6.76. The van der Waals surface area contributed by atoms with Gasteiger partial charge in [-0.05, 0) is 27.7 Å². The van der Waals surface area contributed by atoms with Crippen LogP contribution >= 0.6 is 0 Å². The van der Waals surface area contributed by atoms with Crippen LogP contribution < -0.4 is 15.1 Å². The Morgan fingerprint density at radius 2 is 1.65 bits per heavy atom. The van der Waals surface area contributed by atoms with Crippen molar-refractivity contribution in [1.29, 1.82) is 0 Å². The lowest BCUT2D eigenvalue weighted by Gasteiger charge is -2.32. The second-order valence-electron chi connectivity index (χ2n) is 6.25. The van der Waals surface area contributed by atoms with Gasteiger partial charge in [0.1, 0.15) is 5.82 Å². The number of nitrogens with zero attached hydrogens (tertiary/aromatic N) is 2. The molecule has 1 aromatic heterocycles. The van der Waals surface area contributed by atoms with Gasteiger partial charge in [-0.2, -0.15) is 4.98 Å². The minimum Gasteiger partial charge on any atom is -0.481 e. The van der Waals surface area contributed by atoms with Crippen molar-refractivity contribution in [3.05, 3.63) is 12.1 Å². The Morgan fingerprint density at radius 3 is 2.10 bits per heavy atom. The topological polar surface area (TPSA) is 43.8 Å². The highest BCUT2D eigenvalue weighted by Crippen LogP contribution is 2.37. The summed E-state index contributed by atoms with van der Waals surface area (Å²) in [7, 11) is 5.07. The zero-order valence-corrected chi connectivity index (χ0v) is 13.4. The van der Waals surface area contributed by atoms with E-state index in [4.69, 9.17) is 14.0 Å². The van der Waals surface area contributed by atoms with Crippen LogP contribution in [0.5, 0.6) is 5.88 Å². The molecule has 20 heavy (non-hydrogen) atoms. The first-order valence-electron chi connectivity index (χ1n) is 6.76. The van der Waals surface area contributed by atoms with Crippen LogP contribution in [0.25, 0.3) is 0 Å². The highest BCUT2D eigenvalue weighted by Gasteiger charge is 2.52. The highest BCUT2D eigenvalue weighted by atomic mass is 16.7. The van der Waals surface area contributed by atoms with E-state index >= 15 is 0 Å². The molecule has 0 bridgehead atoms. The smallest absolute Gasteiger partial charge is 0.481 e. The largest absolute Gasteiger partial charge is 0.498 e. The van der Waals surface area contributed by atoms with E-state index in [1.165, 1.54) is 0 Å². The summed E-state index contributed by atoms with van der Waals surface area (Å²) in [5.41, 5.74) is 0.192. The van der Waals surface area contributed by atoms with Crippen LogP contribution in [0.3, 0.4) is 0 Å². The lowest BCUT2D eigenvalue weighted by Crippen LogP contribution is -2.41. The predicted octanol–water partition coefficient (Wildman–Crippen LogP) is 1.46. The molecule has 0 aromatic carbocycles. The van der Waals surface area contributed by atoms with Gasteiger partial charge in [-0.15, -0.1) is 0 Å². The zero-order chi connectivity index (χ0) is 15.1. The number of anilines is 1. The quantitative estimate of drug-likeness (QED) is 0.783. The number of hydrogen-bond donors (Lipinski definition) is 0. The summed E-state index contributed by atoms with van der Waals surface area (Å²) in [6, 6.07) is 3.77. The first-order chi connectivity index (χ1) is 9.18. The third kappa shape index (κ3) is 2.50. The van der Waals surface area contributed by atoms with E-state index in [9.17, 15) is 0 Å². The molecule has 1 fully saturated rings. The Hall–Kier alpha value is -1.27. The summed E-state index contributed by atoms with van der Waals surface area (Å²) in [6.45, 7) is 8.16. The molecule has 1 saturated heterocycles. The third-order valence-electron chi connectivity index (χ3n) is 4.02. The normalized spacial score (nSPS) is 20.1. The second-order valence-corrected chi connectivity index (χ2v) is 6.25. The van der Waals surface area contributed by atoms with Crippen LogP contribution in [-0.2, 0) is 9.31 Å². The molecule has 0 aliphatic carbocycles. The Balaban J connectivity index is 2.39. The first kappa shape index (κ1) is 15.1. The molecule has 1 aliphatic heterocycles. The van der Waals surface area contributed by atoms with Crippen molar-refractivity contribution in [2.45, 2.75) is 38.9 Å². The third-order valence-corrected chi connectivity index (χ3v) is 4.02. The maximum atomic E-state index is 6.08. The minimum atomic E-state index is -0.421. The van der Waals surface area contributed by atoms with E-state index in [0.29, 0.717) is 5.88 Å². The Kier molecular flexibility index (Phi) is 3.73. The standard InChI is InChI=1S/C14H23BN2O3/c1-13(2)14(3,4)20-15(19-13)10-8-9-11(18-7)16-12(10)17(5)6/h8-9H,1-7H3. The lowest BCUT2D eigenvalue weighted by molar-refractivity contribution is 0.00578. The van der Waals surface area contributed by atoms with E-state index in [1.807, 2.05) is 58.8 Å². The van der Waals surface area contributed by atoms with Gasteiger partial charge in [0.25, 0.3) is 0 Å². The number of ether oxygens (including phenoxy) is 1. The van der Waals surface area contributed by atoms with Crippen molar-refractivity contribution in [2.24, 2.45) is 0 Å². The fraction of sp³-hybridized carbons (Fsp3) is 0.643. The maximum Gasteiger partial charge on any atom is 0.498 e. The summed E-state index contributed by atoms with van der Waals surface area (Å²) in [6.07, 6.45) is 0. The minimum absolute atomic E-state index is 0.360. The molecule has 0 amide bonds. The van der Waals surface area contributed by atoms with Crippen LogP contribution in [0.15, 0.2) is 12.1 Å². The van der Waals surface area contributed by atoms with Gasteiger partial charge in [-0.25, -0.2) is 0 Å². The fourth-order valence-electron chi connectivity index (χ4n) is 2.07. The van der Waals surface area contributed by atoms with Crippen molar-refractivity contribution >= 4 is 18.4 Å². The van der Waals surface area contributed by atoms with Crippen molar-refractivity contribution in [1.82, 2.24) is 4.98 Å². The van der Waals surface area contributed by atoms with Gasteiger partial charge in [-0.1, -0.05) is 6.07 Å². The van der Waals surface area contributed by atoms with Crippen LogP contribution in [0.1, 0.15) is 27.7 Å². The van der Waals surface area contributed by atoms with E-state index in [0.717, 1.165) is 11.3 Å². The van der Waals surface area contributed by atoms with Crippen molar-refractivity contribution in [3.8, 4) is 5.88 Å². The molecule has 0 atom stereocenters. The maximum absolute atomic E-state index is 6.08. The molecule has 0 radical (unpaired) electrons. The van der Waals surface area contributed by atoms with Gasteiger partial charge in [0.05, 0.1) is 18.3 Å². The summed E-state index contributed by atoms with van der Waals surface area (Å²) in [5.74, 6) is 1.37. The molecule has 2 rings (SSSR count). The monoisotopic (exact) mass is 278 g/mol. The average molecular weight is 278 g/mol. The van der Waals surface area contributed by atoms with E-state index in [-0.39, 0.29) is 11.2 Å². The molecule has 0 N–H and O–H groups in total. The van der Waals surface area contributed by atoms with E-state index in [2.05, 4.69) is 4.98 Å². The molecule has 0 spiro atoms. The summed E-state index contributed by atoms with van der Waals surface area (Å²) in [5, 5.41) is 0. The molecular formula is C14H23BN2O3. The van der Waals surface area contributed by atoms with Gasteiger partial charge in [0.15, 0.2) is 0 Å². The van der Waals surface area contributed by atoms with Gasteiger partial charge >= 0.3 is 7.12 Å². The number of pyridine rings is 1. The number of rotatable bonds is 3. The van der Waals surface area contributed by atoms with Crippen molar-refractivity contribution in [3.63, 3.8) is 0 Å². The Bertz CT molecular complexity index is 487. The van der Waals surface area contributed by atoms with Crippen molar-refractivity contribution in [2.75, 3.05) is 26.1 Å². The van der Waals surface area contributed by atoms with E-state index < -0.39 is 7.12 Å². The average Bonchev–Trinajstić information content (AvgIpc) is 2.57. The highest BCUT2D eigenvalue weighted by molar-refractivity contribution is 6.63. The van der Waals surface area contributed by atoms with Crippen LogP contribution in [0.4, 0.5) is 5.82 Å². The molecule has 5 nitrogen and oxygen atoms in total. The molecule has 110 valence electrons. The molecular weight excluding hydrogens is 255 g/mol. The number of aromatic nitrogens is 1. The molecule has 1 aliphatic rings. The predicted molar refractivity (Wildman–Crippen MR) is 80.8 cm³/mol. The van der Waals surface area contributed by atoms with Gasteiger partial charge in [0, 0.05) is 25.6 Å². The van der Waals surface area contributed by atoms with Crippen LogP contribution in [-0.4, -0.2) is 44.5 Å². The second kappa shape index (κ2) is 4.93. The molecule has 2 heterocycles. The van der Waals surface area contributed by atoms with Gasteiger partial charge in [0.2, 0.25) is 5.88 Å². The molecule has 0 unspecified atom stereocenters. The van der Waals surface area contributed by atoms with E-state index in [1.54, 1.807) is 7.11 Å². The van der Waals surface area contributed by atoms with Crippen LogP contribution in [0, 0.1) is 0 Å². The fourth-order valence-corrected chi connectivity index (χ4v) is 2.07. The van der Waals surface area contributed by atoms with Crippen molar-refractivity contribution < 1.29 is 14.0 Å². The summed E-state index contributed by atoms with van der Waals surface area (Å²) < 4.78 is 17.4. The zero-order valence-electron chi connectivity index (χ0n) is 13.4. The Morgan fingerprint density at radius 1 is 1.10 bits per heavy atom. The molecule has 0 saturated carbocycles. The SMILES string of the molecule is COc1ccc(B2OC(C)(C)C(C)(C)O2)c(N(C)C)n1. The lowest BCUT2D eigenvalue weighted by atomic mass is 9.79. The van der Waals surface area contributed by atoms with Gasteiger partial charge in [-0.3, -0.25) is 0 Å². The van der Waals surface area contributed by atoms with Gasteiger partial charge < -0.3 is 18.9 Å². The summed E-state index contributed by atoms with van der Waals surface area (Å²) >= 11 is 0. The number of hydrogen-bond acceptors (Lipinski definition) is 5.